The van der Waals surface area contributed by atoms with Crippen molar-refractivity contribution in [2.75, 3.05) is 11.9 Å². The normalized spacial score (nSPS) is 9.85. The molecule has 0 amide bonds. The molecule has 0 radical (unpaired) electrons. The number of anilines is 2. The van der Waals surface area contributed by atoms with Crippen LogP contribution in [0, 0.1) is 21.4 Å². The molecule has 0 heterocycles. The lowest BCUT2D eigenvalue weighted by molar-refractivity contribution is -0.384. The zero-order valence-electron chi connectivity index (χ0n) is 10.6. The third-order valence-electron chi connectivity index (χ3n) is 2.88. The summed E-state index contributed by atoms with van der Waals surface area (Å²) in [6.45, 7) is 0. The van der Waals surface area contributed by atoms with Gasteiger partial charge >= 0.3 is 0 Å². The highest BCUT2D eigenvalue weighted by atomic mass is 79.9. The van der Waals surface area contributed by atoms with Crippen LogP contribution in [0.2, 0.25) is 0 Å². The van der Waals surface area contributed by atoms with Crippen LogP contribution in [0.5, 0.6) is 0 Å². The molecule has 2 rings (SSSR count). The molecule has 0 atom stereocenters. The molecular weight excluding hydrogens is 322 g/mol. The van der Waals surface area contributed by atoms with Crippen molar-refractivity contribution < 1.29 is 4.92 Å². The Kier molecular flexibility index (Phi) is 4.01. The van der Waals surface area contributed by atoms with Gasteiger partial charge in [0.05, 0.1) is 16.6 Å². The molecule has 0 spiro atoms. The topological polar surface area (TPSA) is 70.2 Å². The molecule has 2 aromatic carbocycles. The molecule has 0 unspecified atom stereocenters. The van der Waals surface area contributed by atoms with Crippen molar-refractivity contribution in [1.82, 2.24) is 0 Å². The Morgan fingerprint density at radius 1 is 1.25 bits per heavy atom. The molecule has 0 saturated heterocycles. The van der Waals surface area contributed by atoms with E-state index in [9.17, 15) is 10.1 Å². The first-order valence-corrected chi connectivity index (χ1v) is 6.50. The summed E-state index contributed by atoms with van der Waals surface area (Å²) in [7, 11) is 1.75. The van der Waals surface area contributed by atoms with Gasteiger partial charge in [0.15, 0.2) is 0 Å². The van der Waals surface area contributed by atoms with Crippen molar-refractivity contribution in [2.45, 2.75) is 0 Å². The van der Waals surface area contributed by atoms with Crippen molar-refractivity contribution in [3.05, 3.63) is 62.6 Å². The Morgan fingerprint density at radius 2 is 1.90 bits per heavy atom. The third kappa shape index (κ3) is 2.78. The molecule has 20 heavy (non-hydrogen) atoms. The molecule has 5 nitrogen and oxygen atoms in total. The first kappa shape index (κ1) is 14.0. The quantitative estimate of drug-likeness (QED) is 0.629. The number of nitrogens with zero attached hydrogens (tertiary/aromatic N) is 3. The van der Waals surface area contributed by atoms with E-state index in [-0.39, 0.29) is 5.69 Å². The number of hydrogen-bond acceptors (Lipinski definition) is 4. The van der Waals surface area contributed by atoms with Crippen LogP contribution in [0.3, 0.4) is 0 Å². The van der Waals surface area contributed by atoms with E-state index in [1.807, 2.05) is 6.07 Å². The molecule has 0 aliphatic heterocycles. The summed E-state index contributed by atoms with van der Waals surface area (Å²) in [5, 5.41) is 19.9. The van der Waals surface area contributed by atoms with Gasteiger partial charge in [0.1, 0.15) is 5.69 Å². The van der Waals surface area contributed by atoms with Crippen molar-refractivity contribution in [2.24, 2.45) is 0 Å². The van der Waals surface area contributed by atoms with Gasteiger partial charge < -0.3 is 4.90 Å². The van der Waals surface area contributed by atoms with E-state index in [1.165, 1.54) is 6.07 Å². The van der Waals surface area contributed by atoms with E-state index in [2.05, 4.69) is 15.9 Å². The fraction of sp³-hybridized carbons (Fsp3) is 0.0714. The summed E-state index contributed by atoms with van der Waals surface area (Å²) >= 11 is 3.32. The summed E-state index contributed by atoms with van der Waals surface area (Å²) in [6, 6.07) is 13.7. The summed E-state index contributed by atoms with van der Waals surface area (Å²) in [5.74, 6) is 0. The van der Waals surface area contributed by atoms with Crippen LogP contribution in [0.25, 0.3) is 0 Å². The van der Waals surface area contributed by atoms with Crippen molar-refractivity contribution in [3.8, 4) is 6.07 Å². The number of halogens is 1. The number of hydrogen-bond donors (Lipinski definition) is 0. The van der Waals surface area contributed by atoms with Crippen molar-refractivity contribution >= 4 is 33.0 Å². The smallest absolute Gasteiger partial charge is 0.292 e. The molecule has 0 aliphatic rings. The molecule has 2 aromatic rings. The number of nitriles is 1. The zero-order valence-corrected chi connectivity index (χ0v) is 12.2. The maximum Gasteiger partial charge on any atom is 0.292 e. The van der Waals surface area contributed by atoms with Crippen LogP contribution < -0.4 is 4.90 Å². The number of rotatable bonds is 3. The minimum absolute atomic E-state index is 0.0278. The lowest BCUT2D eigenvalue weighted by Gasteiger charge is -2.19. The van der Waals surface area contributed by atoms with Crippen LogP contribution in [0.1, 0.15) is 5.56 Å². The summed E-state index contributed by atoms with van der Waals surface area (Å²) in [4.78, 5) is 12.4. The molecule has 0 aromatic heterocycles. The predicted octanol–water partition coefficient (Wildman–Crippen LogP) is 4.00. The Labute approximate surface area is 124 Å². The second kappa shape index (κ2) is 5.72. The zero-order chi connectivity index (χ0) is 14.7. The van der Waals surface area contributed by atoms with Gasteiger partial charge in [-0.3, -0.25) is 10.1 Å². The van der Waals surface area contributed by atoms with Crippen LogP contribution in [-0.4, -0.2) is 12.0 Å². The van der Waals surface area contributed by atoms with E-state index >= 15 is 0 Å². The minimum atomic E-state index is -0.415. The number of benzene rings is 2. The summed E-state index contributed by atoms with van der Waals surface area (Å²) in [5.41, 5.74) is 1.82. The Bertz CT molecular complexity index is 693. The van der Waals surface area contributed by atoms with Gasteiger partial charge in [-0.1, -0.05) is 15.9 Å². The molecule has 6 heteroatoms. The highest BCUT2D eigenvalue weighted by Gasteiger charge is 2.18. The third-order valence-corrected chi connectivity index (χ3v) is 3.37. The average Bonchev–Trinajstić information content (AvgIpc) is 2.46. The average molecular weight is 332 g/mol. The fourth-order valence-electron chi connectivity index (χ4n) is 1.82. The Hall–Kier alpha value is -2.39. The van der Waals surface area contributed by atoms with Crippen molar-refractivity contribution in [1.29, 1.82) is 5.26 Å². The van der Waals surface area contributed by atoms with Crippen molar-refractivity contribution in [3.63, 3.8) is 0 Å². The maximum atomic E-state index is 11.1. The lowest BCUT2D eigenvalue weighted by Crippen LogP contribution is -2.11. The van der Waals surface area contributed by atoms with Crippen LogP contribution >= 0.6 is 15.9 Å². The van der Waals surface area contributed by atoms with Gasteiger partial charge in [0.25, 0.3) is 5.69 Å². The van der Waals surface area contributed by atoms with Crippen LogP contribution in [0.4, 0.5) is 17.1 Å². The first-order chi connectivity index (χ1) is 9.52. The van der Waals surface area contributed by atoms with E-state index in [0.29, 0.717) is 11.3 Å². The van der Waals surface area contributed by atoms with Crippen LogP contribution in [-0.2, 0) is 0 Å². The molecule has 0 N–H and O–H groups in total. The largest absolute Gasteiger partial charge is 0.339 e. The highest BCUT2D eigenvalue weighted by molar-refractivity contribution is 9.10. The number of nitro groups is 1. The van der Waals surface area contributed by atoms with Gasteiger partial charge in [0.2, 0.25) is 0 Å². The second-order valence-electron chi connectivity index (χ2n) is 4.11. The molecular formula is C14H10BrN3O2. The first-order valence-electron chi connectivity index (χ1n) is 5.71. The van der Waals surface area contributed by atoms with Gasteiger partial charge in [-0.25, -0.2) is 0 Å². The van der Waals surface area contributed by atoms with Gasteiger partial charge in [0, 0.05) is 23.3 Å². The highest BCUT2D eigenvalue weighted by Crippen LogP contribution is 2.34. The van der Waals surface area contributed by atoms with E-state index < -0.39 is 4.92 Å². The SMILES string of the molecule is CN(c1ccc(C#N)cc1)c1cc(Br)ccc1[N+](=O)[O-]. The fourth-order valence-corrected chi connectivity index (χ4v) is 2.17. The van der Waals surface area contributed by atoms with Crippen LogP contribution in [0.15, 0.2) is 46.9 Å². The molecule has 0 fully saturated rings. The van der Waals surface area contributed by atoms with E-state index in [0.717, 1.165) is 10.2 Å². The molecule has 0 aliphatic carbocycles. The molecule has 0 bridgehead atoms. The second-order valence-corrected chi connectivity index (χ2v) is 5.02. The monoisotopic (exact) mass is 331 g/mol. The van der Waals surface area contributed by atoms with E-state index in [4.69, 9.17) is 5.26 Å². The van der Waals surface area contributed by atoms with E-state index in [1.54, 1.807) is 48.3 Å². The predicted molar refractivity (Wildman–Crippen MR) is 80.0 cm³/mol. The number of nitro benzene ring substituents is 1. The Balaban J connectivity index is 2.46. The Morgan fingerprint density at radius 3 is 2.45 bits per heavy atom. The summed E-state index contributed by atoms with van der Waals surface area (Å²) in [6.07, 6.45) is 0. The molecule has 0 saturated carbocycles. The summed E-state index contributed by atoms with van der Waals surface area (Å²) < 4.78 is 0.763. The minimum Gasteiger partial charge on any atom is -0.339 e. The van der Waals surface area contributed by atoms with Gasteiger partial charge in [-0.05, 0) is 36.4 Å². The standard InChI is InChI=1S/C14H10BrN3O2/c1-17(12-5-2-10(9-16)3-6-12)14-8-11(15)4-7-13(14)18(19)20/h2-8H,1H3. The lowest BCUT2D eigenvalue weighted by atomic mass is 10.2. The molecule has 100 valence electrons. The van der Waals surface area contributed by atoms with Gasteiger partial charge in [-0.15, -0.1) is 0 Å². The maximum absolute atomic E-state index is 11.1. The van der Waals surface area contributed by atoms with Gasteiger partial charge in [-0.2, -0.15) is 5.26 Å².